The molecule has 0 aliphatic carbocycles. The average molecular weight is 311 g/mol. The zero-order valence-corrected chi connectivity index (χ0v) is 11.8. The summed E-state index contributed by atoms with van der Waals surface area (Å²) in [4.78, 5) is 22.6. The number of carbonyl (C=O) groups is 1. The van der Waals surface area contributed by atoms with Crippen LogP contribution in [0.5, 0.6) is 0 Å². The molecule has 6 nitrogen and oxygen atoms in total. The summed E-state index contributed by atoms with van der Waals surface area (Å²) in [5, 5.41) is 3.86. The number of hydrogen-bond acceptors (Lipinski definition) is 4. The summed E-state index contributed by atoms with van der Waals surface area (Å²) < 4.78 is 1.44. The predicted octanol–water partition coefficient (Wildman–Crippen LogP) is 1.61. The summed E-state index contributed by atoms with van der Waals surface area (Å²) >= 11 is 7.08. The highest BCUT2D eigenvalue weighted by Crippen LogP contribution is 2.18. The first-order valence-electron chi connectivity index (χ1n) is 5.59. The molecule has 1 heterocycles. The summed E-state index contributed by atoms with van der Waals surface area (Å²) in [5.41, 5.74) is 7.88. The van der Waals surface area contributed by atoms with Gasteiger partial charge in [0.15, 0.2) is 0 Å². The number of nitrogens with two attached hydrogens (primary N) is 1. The Balaban J connectivity index is 2.23. The van der Waals surface area contributed by atoms with Crippen molar-refractivity contribution in [2.24, 2.45) is 10.8 Å². The smallest absolute Gasteiger partial charge is 0.332 e. The number of primary amides is 1. The first kappa shape index (κ1) is 14.3. The van der Waals surface area contributed by atoms with Crippen molar-refractivity contribution in [2.45, 2.75) is 6.54 Å². The van der Waals surface area contributed by atoms with Crippen molar-refractivity contribution in [3.05, 3.63) is 55.6 Å². The number of rotatable bonds is 4. The maximum atomic E-state index is 11.9. The zero-order chi connectivity index (χ0) is 14.5. The van der Waals surface area contributed by atoms with Crippen molar-refractivity contribution in [1.29, 1.82) is 0 Å². The van der Waals surface area contributed by atoms with Crippen LogP contribution in [-0.4, -0.2) is 16.8 Å². The van der Waals surface area contributed by atoms with Crippen molar-refractivity contribution in [2.75, 3.05) is 0 Å². The molecule has 0 spiro atoms. The number of amides is 2. The van der Waals surface area contributed by atoms with E-state index in [-0.39, 0.29) is 10.0 Å². The Hall–Kier alpha value is -2.12. The second-order valence-corrected chi connectivity index (χ2v) is 5.18. The van der Waals surface area contributed by atoms with E-state index < -0.39 is 6.03 Å². The van der Waals surface area contributed by atoms with Crippen LogP contribution in [0.4, 0.5) is 4.79 Å². The molecule has 0 atom stereocenters. The Labute approximate surface area is 123 Å². The maximum Gasteiger partial charge on any atom is 0.332 e. The van der Waals surface area contributed by atoms with E-state index in [2.05, 4.69) is 5.10 Å². The number of aromatic nitrogens is 1. The van der Waals surface area contributed by atoms with Gasteiger partial charge in [-0.1, -0.05) is 53.3 Å². The molecule has 1 aromatic carbocycles. The average Bonchev–Trinajstić information content (AvgIpc) is 2.67. The zero-order valence-electron chi connectivity index (χ0n) is 10.2. The van der Waals surface area contributed by atoms with E-state index in [9.17, 15) is 9.59 Å². The van der Waals surface area contributed by atoms with E-state index in [4.69, 9.17) is 17.3 Å². The molecule has 1 aromatic heterocycles. The molecule has 2 amide bonds. The van der Waals surface area contributed by atoms with Crippen LogP contribution >= 0.6 is 22.9 Å². The van der Waals surface area contributed by atoms with Gasteiger partial charge in [-0.25, -0.2) is 10.2 Å². The van der Waals surface area contributed by atoms with E-state index in [0.717, 1.165) is 16.9 Å². The highest BCUT2D eigenvalue weighted by Gasteiger charge is 2.11. The third kappa shape index (κ3) is 3.46. The molecule has 0 saturated heterocycles. The van der Waals surface area contributed by atoms with Gasteiger partial charge in [-0.05, 0) is 5.56 Å². The van der Waals surface area contributed by atoms with Gasteiger partial charge in [0.25, 0.3) is 0 Å². The molecular weight excluding hydrogens is 300 g/mol. The van der Waals surface area contributed by atoms with Crippen LogP contribution in [0.2, 0.25) is 5.15 Å². The minimum absolute atomic E-state index is 0.195. The van der Waals surface area contributed by atoms with Gasteiger partial charge < -0.3 is 5.73 Å². The molecular formula is C12H11ClN4O2S. The second-order valence-electron chi connectivity index (χ2n) is 3.83. The molecule has 2 rings (SSSR count). The number of nitrogens with zero attached hydrogens (tertiary/aromatic N) is 2. The van der Waals surface area contributed by atoms with Crippen LogP contribution in [0.1, 0.15) is 10.4 Å². The van der Waals surface area contributed by atoms with Crippen LogP contribution < -0.4 is 16.0 Å². The van der Waals surface area contributed by atoms with Crippen LogP contribution in [0, 0.1) is 0 Å². The predicted molar refractivity (Wildman–Crippen MR) is 79.4 cm³/mol. The molecule has 0 radical (unpaired) electrons. The first-order chi connectivity index (χ1) is 9.58. The fourth-order valence-corrected chi connectivity index (χ4v) is 2.64. The van der Waals surface area contributed by atoms with Crippen LogP contribution in [0.3, 0.4) is 0 Å². The van der Waals surface area contributed by atoms with Gasteiger partial charge in [0.2, 0.25) is 0 Å². The number of carbonyl (C=O) groups excluding carboxylic acids is 1. The Bertz CT molecular complexity index is 693. The van der Waals surface area contributed by atoms with E-state index in [0.29, 0.717) is 11.4 Å². The lowest BCUT2D eigenvalue weighted by Crippen LogP contribution is -2.24. The molecule has 0 unspecified atom stereocenters. The minimum Gasteiger partial charge on any atom is -0.350 e. The monoisotopic (exact) mass is 310 g/mol. The Morgan fingerprint density at radius 1 is 1.45 bits per heavy atom. The quantitative estimate of drug-likeness (QED) is 0.663. The SMILES string of the molecule is NC(=O)N/N=C\c1sc(=O)n(Cc2ccccc2)c1Cl. The third-order valence-corrected chi connectivity index (χ3v) is 3.83. The number of nitrogens with one attached hydrogen (secondary N) is 1. The van der Waals surface area contributed by atoms with Crippen LogP contribution in [-0.2, 0) is 6.54 Å². The highest BCUT2D eigenvalue weighted by atomic mass is 35.5. The van der Waals surface area contributed by atoms with Gasteiger partial charge in [-0.3, -0.25) is 9.36 Å². The summed E-state index contributed by atoms with van der Waals surface area (Å²) in [6.07, 6.45) is 1.29. The fourth-order valence-electron chi connectivity index (χ4n) is 1.54. The van der Waals surface area contributed by atoms with Gasteiger partial charge in [-0.2, -0.15) is 5.10 Å². The second kappa shape index (κ2) is 6.36. The molecule has 0 saturated carbocycles. The third-order valence-electron chi connectivity index (χ3n) is 2.40. The number of thiazole rings is 1. The van der Waals surface area contributed by atoms with E-state index in [1.165, 1.54) is 10.8 Å². The molecule has 0 aliphatic heterocycles. The Morgan fingerprint density at radius 2 is 2.15 bits per heavy atom. The first-order valence-corrected chi connectivity index (χ1v) is 6.79. The summed E-state index contributed by atoms with van der Waals surface area (Å²) in [7, 11) is 0. The van der Waals surface area contributed by atoms with E-state index >= 15 is 0 Å². The van der Waals surface area contributed by atoms with Crippen molar-refractivity contribution >= 4 is 35.2 Å². The largest absolute Gasteiger partial charge is 0.350 e. The van der Waals surface area contributed by atoms with E-state index in [1.807, 2.05) is 35.8 Å². The van der Waals surface area contributed by atoms with Crippen molar-refractivity contribution < 1.29 is 4.79 Å². The van der Waals surface area contributed by atoms with Gasteiger partial charge >= 0.3 is 10.9 Å². The lowest BCUT2D eigenvalue weighted by Gasteiger charge is -2.03. The molecule has 0 aliphatic rings. The van der Waals surface area contributed by atoms with Gasteiger partial charge in [0.05, 0.1) is 17.6 Å². The number of hydrazone groups is 1. The molecule has 3 N–H and O–H groups in total. The lowest BCUT2D eigenvalue weighted by atomic mass is 10.2. The number of benzene rings is 1. The molecule has 0 fully saturated rings. The lowest BCUT2D eigenvalue weighted by molar-refractivity contribution is 0.249. The normalized spacial score (nSPS) is 10.8. The standard InChI is InChI=1S/C12H11ClN4O2S/c13-10-9(6-15-16-11(14)18)20-12(19)17(10)7-8-4-2-1-3-5-8/h1-6H,7H2,(H3,14,16,18)/b15-6-. The Morgan fingerprint density at radius 3 is 2.80 bits per heavy atom. The topological polar surface area (TPSA) is 89.5 Å². The van der Waals surface area contributed by atoms with Gasteiger partial charge in [0.1, 0.15) is 5.15 Å². The number of halogens is 1. The minimum atomic E-state index is -0.784. The van der Waals surface area contributed by atoms with E-state index in [1.54, 1.807) is 0 Å². The molecule has 104 valence electrons. The summed E-state index contributed by atoms with van der Waals surface area (Å²) in [6.45, 7) is 0.381. The van der Waals surface area contributed by atoms with Gasteiger partial charge in [-0.15, -0.1) is 0 Å². The Kier molecular flexibility index (Phi) is 4.54. The number of hydrogen-bond donors (Lipinski definition) is 2. The highest BCUT2D eigenvalue weighted by molar-refractivity contribution is 7.11. The van der Waals surface area contributed by atoms with Crippen LogP contribution in [0.15, 0.2) is 40.2 Å². The summed E-state index contributed by atoms with van der Waals surface area (Å²) in [6, 6.07) is 8.70. The van der Waals surface area contributed by atoms with Crippen molar-refractivity contribution in [3.63, 3.8) is 0 Å². The van der Waals surface area contributed by atoms with Crippen LogP contribution in [0.25, 0.3) is 0 Å². The molecule has 0 bridgehead atoms. The molecule has 8 heteroatoms. The maximum absolute atomic E-state index is 11.9. The van der Waals surface area contributed by atoms with Crippen molar-refractivity contribution in [1.82, 2.24) is 9.99 Å². The fraction of sp³-hybridized carbons (Fsp3) is 0.0833. The van der Waals surface area contributed by atoms with Gasteiger partial charge in [0, 0.05) is 0 Å². The molecule has 20 heavy (non-hydrogen) atoms. The number of urea groups is 1. The summed E-state index contributed by atoms with van der Waals surface area (Å²) in [5.74, 6) is 0. The van der Waals surface area contributed by atoms with Crippen molar-refractivity contribution in [3.8, 4) is 0 Å². The molecule has 2 aromatic rings.